The van der Waals surface area contributed by atoms with E-state index in [2.05, 4.69) is 38.9 Å². The monoisotopic (exact) mass is 468 g/mol. The molecular formula is C25H27F3N6. The van der Waals surface area contributed by atoms with Crippen molar-refractivity contribution in [1.82, 2.24) is 15.3 Å². The van der Waals surface area contributed by atoms with Gasteiger partial charge in [-0.25, -0.2) is 4.98 Å². The molecule has 0 amide bonds. The Bertz CT molecular complexity index is 1100. The molecule has 0 bridgehead atoms. The van der Waals surface area contributed by atoms with E-state index in [4.69, 9.17) is 5.41 Å². The molecule has 1 aromatic carbocycles. The van der Waals surface area contributed by atoms with E-state index in [0.29, 0.717) is 28.8 Å². The zero-order chi connectivity index (χ0) is 24.3. The summed E-state index contributed by atoms with van der Waals surface area (Å²) in [7, 11) is 0. The van der Waals surface area contributed by atoms with Crippen LogP contribution in [0, 0.1) is 5.41 Å². The van der Waals surface area contributed by atoms with Gasteiger partial charge in [0, 0.05) is 47.9 Å². The molecule has 0 saturated heterocycles. The number of hydrogen-bond acceptors (Lipinski definition) is 6. The second-order valence-corrected chi connectivity index (χ2v) is 8.46. The molecule has 1 atom stereocenters. The molecule has 0 spiro atoms. The van der Waals surface area contributed by atoms with Crippen LogP contribution in [0.3, 0.4) is 0 Å². The number of halogens is 3. The fraction of sp³-hybridized carbons (Fsp3) is 0.320. The van der Waals surface area contributed by atoms with Gasteiger partial charge in [0.2, 0.25) is 0 Å². The minimum atomic E-state index is -4.41. The number of nitrogens with zero attached hydrogens (tertiary/aromatic N) is 3. The van der Waals surface area contributed by atoms with Crippen molar-refractivity contribution >= 4 is 23.4 Å². The van der Waals surface area contributed by atoms with Gasteiger partial charge in [-0.05, 0) is 61.2 Å². The first kappa shape index (κ1) is 23.5. The number of benzene rings is 1. The predicted octanol–water partition coefficient (Wildman–Crippen LogP) is 5.44. The lowest BCUT2D eigenvalue weighted by molar-refractivity contribution is -0.137. The summed E-state index contributed by atoms with van der Waals surface area (Å²) in [6.07, 6.45) is 4.20. The van der Waals surface area contributed by atoms with Gasteiger partial charge < -0.3 is 16.0 Å². The van der Waals surface area contributed by atoms with Crippen molar-refractivity contribution in [3.63, 3.8) is 0 Å². The van der Waals surface area contributed by atoms with Crippen LogP contribution in [0.15, 0.2) is 66.6 Å². The SMILES string of the molecule is C=CC(=C)NCC(=N)c1c(C2C=NN(C3CCC3)C2)ccnc1Nc1ccc(C(F)(F)F)cc1. The second-order valence-electron chi connectivity index (χ2n) is 8.46. The Hall–Kier alpha value is -3.62. The Balaban J connectivity index is 1.63. The maximum Gasteiger partial charge on any atom is 0.416 e. The van der Waals surface area contributed by atoms with Crippen LogP contribution in [0.2, 0.25) is 0 Å². The summed E-state index contributed by atoms with van der Waals surface area (Å²) in [5.74, 6) is 0.387. The maximum atomic E-state index is 12.9. The highest BCUT2D eigenvalue weighted by atomic mass is 19.4. The van der Waals surface area contributed by atoms with Gasteiger partial charge in [-0.2, -0.15) is 18.3 Å². The summed E-state index contributed by atoms with van der Waals surface area (Å²) in [6, 6.07) is 7.11. The van der Waals surface area contributed by atoms with E-state index in [0.717, 1.165) is 37.1 Å². The molecule has 0 radical (unpaired) electrons. The standard InChI is InChI=1S/C25H27F3N6/c1-3-16(2)31-14-22(29)23-21(17-13-32-34(15-17)20-5-4-6-20)11-12-30-24(23)33-19-9-7-18(8-10-19)25(26,27)28/h3,7-13,17,20,29,31H,1-2,4-6,14-15H2,(H,30,33). The summed E-state index contributed by atoms with van der Waals surface area (Å²) in [5, 5.41) is 21.6. The summed E-state index contributed by atoms with van der Waals surface area (Å²) < 4.78 is 38.8. The van der Waals surface area contributed by atoms with Gasteiger partial charge in [0.05, 0.1) is 17.8 Å². The van der Waals surface area contributed by atoms with Gasteiger partial charge in [0.1, 0.15) is 5.82 Å². The minimum Gasteiger partial charge on any atom is -0.380 e. The summed E-state index contributed by atoms with van der Waals surface area (Å²) in [6.45, 7) is 8.41. The molecule has 1 aliphatic carbocycles. The first-order valence-corrected chi connectivity index (χ1v) is 11.1. The number of hydrogen-bond donors (Lipinski definition) is 3. The van der Waals surface area contributed by atoms with E-state index in [9.17, 15) is 13.2 Å². The van der Waals surface area contributed by atoms with Crippen molar-refractivity contribution < 1.29 is 13.2 Å². The Labute approximate surface area is 196 Å². The molecule has 1 saturated carbocycles. The first-order chi connectivity index (χ1) is 16.3. The molecule has 2 aromatic rings. The van der Waals surface area contributed by atoms with Crippen molar-refractivity contribution in [3.8, 4) is 0 Å². The lowest BCUT2D eigenvalue weighted by Gasteiger charge is -2.33. The Morgan fingerprint density at radius 2 is 1.94 bits per heavy atom. The molecule has 3 N–H and O–H groups in total. The smallest absolute Gasteiger partial charge is 0.380 e. The van der Waals surface area contributed by atoms with E-state index in [1.807, 2.05) is 12.3 Å². The number of alkyl halides is 3. The molecule has 178 valence electrons. The van der Waals surface area contributed by atoms with Crippen LogP contribution in [0.1, 0.15) is 41.9 Å². The van der Waals surface area contributed by atoms with Crippen LogP contribution in [0.25, 0.3) is 0 Å². The van der Waals surface area contributed by atoms with Crippen molar-refractivity contribution in [1.29, 1.82) is 5.41 Å². The number of nitrogens with one attached hydrogen (secondary N) is 3. The van der Waals surface area contributed by atoms with Crippen LogP contribution in [0.4, 0.5) is 24.7 Å². The highest BCUT2D eigenvalue weighted by Crippen LogP contribution is 2.34. The number of allylic oxidation sites excluding steroid dienone is 1. The van der Waals surface area contributed by atoms with Gasteiger partial charge in [0.15, 0.2) is 0 Å². The topological polar surface area (TPSA) is 76.4 Å². The first-order valence-electron chi connectivity index (χ1n) is 11.1. The molecule has 2 heterocycles. The van der Waals surface area contributed by atoms with Gasteiger partial charge in [0.25, 0.3) is 0 Å². The molecule has 1 unspecified atom stereocenters. The van der Waals surface area contributed by atoms with E-state index in [1.165, 1.54) is 18.6 Å². The number of rotatable bonds is 9. The third-order valence-electron chi connectivity index (χ3n) is 6.17. The van der Waals surface area contributed by atoms with E-state index >= 15 is 0 Å². The van der Waals surface area contributed by atoms with E-state index in [1.54, 1.807) is 12.3 Å². The normalized spacial score (nSPS) is 17.9. The molecule has 2 aliphatic rings. The molecule has 1 aromatic heterocycles. The third-order valence-corrected chi connectivity index (χ3v) is 6.17. The Kier molecular flexibility index (Phi) is 6.72. The van der Waals surface area contributed by atoms with Gasteiger partial charge in [-0.1, -0.05) is 13.2 Å². The van der Waals surface area contributed by atoms with Crippen LogP contribution in [-0.2, 0) is 6.18 Å². The largest absolute Gasteiger partial charge is 0.416 e. The van der Waals surface area contributed by atoms with Crippen molar-refractivity contribution in [2.75, 3.05) is 18.4 Å². The molecule has 34 heavy (non-hydrogen) atoms. The van der Waals surface area contributed by atoms with Crippen molar-refractivity contribution in [2.45, 2.75) is 37.4 Å². The van der Waals surface area contributed by atoms with Crippen LogP contribution in [0.5, 0.6) is 0 Å². The number of hydrazone groups is 1. The molecule has 6 nitrogen and oxygen atoms in total. The van der Waals surface area contributed by atoms with Crippen LogP contribution < -0.4 is 10.6 Å². The average Bonchev–Trinajstić information content (AvgIpc) is 3.25. The zero-order valence-electron chi connectivity index (χ0n) is 18.7. The lowest BCUT2D eigenvalue weighted by atomic mass is 9.90. The van der Waals surface area contributed by atoms with Crippen molar-refractivity contribution in [3.05, 3.63) is 78.1 Å². The maximum absolute atomic E-state index is 12.9. The highest BCUT2D eigenvalue weighted by Gasteiger charge is 2.32. The minimum absolute atomic E-state index is 0.0188. The van der Waals surface area contributed by atoms with E-state index in [-0.39, 0.29) is 18.2 Å². The fourth-order valence-electron chi connectivity index (χ4n) is 4.01. The van der Waals surface area contributed by atoms with Gasteiger partial charge in [-0.15, -0.1) is 0 Å². The van der Waals surface area contributed by atoms with Gasteiger partial charge in [-0.3, -0.25) is 5.01 Å². The quantitative estimate of drug-likeness (QED) is 0.338. The van der Waals surface area contributed by atoms with Gasteiger partial charge >= 0.3 is 6.18 Å². The summed E-state index contributed by atoms with van der Waals surface area (Å²) in [4.78, 5) is 4.42. The average molecular weight is 469 g/mol. The molecule has 4 rings (SSSR count). The Morgan fingerprint density at radius 3 is 2.56 bits per heavy atom. The molecular weight excluding hydrogens is 441 g/mol. The van der Waals surface area contributed by atoms with Crippen LogP contribution >= 0.6 is 0 Å². The van der Waals surface area contributed by atoms with Crippen molar-refractivity contribution in [2.24, 2.45) is 5.10 Å². The zero-order valence-corrected chi connectivity index (χ0v) is 18.7. The molecule has 1 aliphatic heterocycles. The Morgan fingerprint density at radius 1 is 1.21 bits per heavy atom. The predicted molar refractivity (Wildman–Crippen MR) is 129 cm³/mol. The summed E-state index contributed by atoms with van der Waals surface area (Å²) in [5.41, 5.74) is 2.08. The summed E-state index contributed by atoms with van der Waals surface area (Å²) >= 11 is 0. The van der Waals surface area contributed by atoms with E-state index < -0.39 is 11.7 Å². The molecule has 9 heteroatoms. The van der Waals surface area contributed by atoms with Crippen LogP contribution in [-0.4, -0.2) is 41.1 Å². The highest BCUT2D eigenvalue weighted by molar-refractivity contribution is 6.06. The third kappa shape index (κ3) is 5.13. The number of pyridine rings is 1. The fourth-order valence-corrected chi connectivity index (χ4v) is 4.01. The lowest BCUT2D eigenvalue weighted by Crippen LogP contribution is -2.36. The number of aromatic nitrogens is 1. The number of anilines is 2. The molecule has 1 fully saturated rings. The second kappa shape index (κ2) is 9.70.